The van der Waals surface area contributed by atoms with Crippen LogP contribution in [0.5, 0.6) is 0 Å². The molecule has 1 atom stereocenters. The van der Waals surface area contributed by atoms with Crippen molar-refractivity contribution in [3.8, 4) is 0 Å². The summed E-state index contributed by atoms with van der Waals surface area (Å²) in [6.45, 7) is 5.12. The molecule has 0 bridgehead atoms. The number of aliphatic imine (C=N–C) groups is 1. The van der Waals surface area contributed by atoms with E-state index in [1.54, 1.807) is 25.4 Å². The van der Waals surface area contributed by atoms with Crippen molar-refractivity contribution < 1.29 is 8.91 Å². The van der Waals surface area contributed by atoms with E-state index in [0.29, 0.717) is 6.54 Å². The summed E-state index contributed by atoms with van der Waals surface area (Å²) < 4.78 is 18.5. The van der Waals surface area contributed by atoms with Crippen molar-refractivity contribution in [2.75, 3.05) is 53.9 Å². The zero-order valence-electron chi connectivity index (χ0n) is 16.8. The minimum absolute atomic E-state index is 0.0564. The fourth-order valence-electron chi connectivity index (χ4n) is 3.50. The van der Waals surface area contributed by atoms with E-state index >= 15 is 0 Å². The zero-order chi connectivity index (χ0) is 19.9. The van der Waals surface area contributed by atoms with E-state index in [1.807, 2.05) is 26.2 Å². The van der Waals surface area contributed by atoms with Crippen LogP contribution in [0, 0.1) is 5.82 Å². The maximum Gasteiger partial charge on any atom is 0.193 e. The Labute approximate surface area is 165 Å². The van der Waals surface area contributed by atoms with Crippen LogP contribution in [0.25, 0.3) is 0 Å². The number of hydrogen-bond donors (Lipinski definition) is 1. The van der Waals surface area contributed by atoms with Crippen molar-refractivity contribution >= 4 is 5.96 Å². The maximum absolute atomic E-state index is 13.6. The largest absolute Gasteiger partial charge is 0.364 e. The highest BCUT2D eigenvalue weighted by Gasteiger charge is 2.22. The van der Waals surface area contributed by atoms with E-state index in [1.165, 1.54) is 6.07 Å². The summed E-state index contributed by atoms with van der Waals surface area (Å²) >= 11 is 0. The van der Waals surface area contributed by atoms with E-state index < -0.39 is 0 Å². The summed E-state index contributed by atoms with van der Waals surface area (Å²) in [5.74, 6) is 0.668. The lowest BCUT2D eigenvalue weighted by Crippen LogP contribution is -2.53. The predicted molar refractivity (Wildman–Crippen MR) is 108 cm³/mol. The van der Waals surface area contributed by atoms with Crippen LogP contribution in [0.4, 0.5) is 4.39 Å². The molecule has 7 nitrogen and oxygen atoms in total. The average Bonchev–Trinajstić information content (AvgIpc) is 3.19. The third kappa shape index (κ3) is 5.30. The molecule has 152 valence electrons. The first-order valence-corrected chi connectivity index (χ1v) is 9.56. The number of piperazine rings is 1. The number of nitrogens with one attached hydrogen (secondary N) is 1. The average molecular weight is 388 g/mol. The summed E-state index contributed by atoms with van der Waals surface area (Å²) in [7, 11) is 5.81. The molecule has 2 heterocycles. The fourth-order valence-corrected chi connectivity index (χ4v) is 3.50. The van der Waals surface area contributed by atoms with Crippen molar-refractivity contribution in [2.45, 2.75) is 12.6 Å². The van der Waals surface area contributed by atoms with Gasteiger partial charge >= 0.3 is 0 Å². The van der Waals surface area contributed by atoms with Crippen molar-refractivity contribution in [1.82, 2.24) is 25.2 Å². The summed E-state index contributed by atoms with van der Waals surface area (Å²) in [5, 5.41) is 7.45. The Bertz CT molecular complexity index is 756. The Morgan fingerprint density at radius 3 is 2.68 bits per heavy atom. The van der Waals surface area contributed by atoms with Gasteiger partial charge in [0, 0.05) is 52.4 Å². The molecule has 1 unspecified atom stereocenters. The van der Waals surface area contributed by atoms with Crippen LogP contribution in [-0.2, 0) is 6.54 Å². The van der Waals surface area contributed by atoms with Crippen LogP contribution in [-0.4, -0.2) is 79.7 Å². The zero-order valence-corrected chi connectivity index (χ0v) is 16.8. The number of likely N-dealkylation sites (N-methyl/N-ethyl adjacent to an activating group) is 1. The van der Waals surface area contributed by atoms with Gasteiger partial charge in [-0.1, -0.05) is 17.3 Å². The normalized spacial score (nSPS) is 17.2. The van der Waals surface area contributed by atoms with Gasteiger partial charge in [-0.3, -0.25) is 9.89 Å². The van der Waals surface area contributed by atoms with Gasteiger partial charge in [0.1, 0.15) is 12.1 Å². The molecule has 1 fully saturated rings. The Morgan fingerprint density at radius 1 is 1.29 bits per heavy atom. The number of rotatable bonds is 6. The minimum Gasteiger partial charge on any atom is -0.364 e. The SMILES string of the molecule is CN=C(NCC(c1cccc(F)c1)N(C)C)N1CCN(Cc2ccon2)CC1. The van der Waals surface area contributed by atoms with Crippen molar-refractivity contribution in [3.63, 3.8) is 0 Å². The molecule has 0 aliphatic carbocycles. The van der Waals surface area contributed by atoms with Gasteiger partial charge in [-0.2, -0.15) is 0 Å². The van der Waals surface area contributed by atoms with Gasteiger partial charge in [0.25, 0.3) is 0 Å². The molecule has 0 radical (unpaired) electrons. The predicted octanol–water partition coefficient (Wildman–Crippen LogP) is 1.81. The molecule has 1 saturated heterocycles. The van der Waals surface area contributed by atoms with Crippen LogP contribution < -0.4 is 5.32 Å². The molecule has 8 heteroatoms. The van der Waals surface area contributed by atoms with Gasteiger partial charge in [-0.15, -0.1) is 0 Å². The summed E-state index contributed by atoms with van der Waals surface area (Å²) in [4.78, 5) is 11.2. The van der Waals surface area contributed by atoms with Gasteiger partial charge in [0.05, 0.1) is 11.7 Å². The molecular formula is C20H29FN6O. The number of guanidine groups is 1. The highest BCUT2D eigenvalue weighted by Crippen LogP contribution is 2.18. The van der Waals surface area contributed by atoms with Crippen LogP contribution >= 0.6 is 0 Å². The molecular weight excluding hydrogens is 359 g/mol. The van der Waals surface area contributed by atoms with Crippen LogP contribution in [0.3, 0.4) is 0 Å². The highest BCUT2D eigenvalue weighted by molar-refractivity contribution is 5.80. The Morgan fingerprint density at radius 2 is 2.07 bits per heavy atom. The summed E-state index contributed by atoms with van der Waals surface area (Å²) in [6.07, 6.45) is 1.61. The second-order valence-corrected chi connectivity index (χ2v) is 7.22. The summed E-state index contributed by atoms with van der Waals surface area (Å²) in [5.41, 5.74) is 1.91. The van der Waals surface area contributed by atoms with Gasteiger partial charge in [-0.05, 0) is 31.8 Å². The quantitative estimate of drug-likeness (QED) is 0.602. The molecule has 1 N–H and O–H groups in total. The lowest BCUT2D eigenvalue weighted by atomic mass is 10.1. The van der Waals surface area contributed by atoms with E-state index in [9.17, 15) is 4.39 Å². The fraction of sp³-hybridized carbons (Fsp3) is 0.500. The van der Waals surface area contributed by atoms with Crippen molar-refractivity contribution in [3.05, 3.63) is 53.7 Å². The molecule has 1 aromatic carbocycles. The number of nitrogens with zero attached hydrogens (tertiary/aromatic N) is 5. The molecule has 3 rings (SSSR count). The maximum atomic E-state index is 13.6. The monoisotopic (exact) mass is 388 g/mol. The standard InChI is InChI=1S/C20H29FN6O/c1-22-20(23-14-19(25(2)3)16-5-4-6-17(21)13-16)27-10-8-26(9-11-27)15-18-7-12-28-24-18/h4-7,12-13,19H,8-11,14-15H2,1-3H3,(H,22,23). The topological polar surface area (TPSA) is 60.1 Å². The molecule has 2 aromatic rings. The Hall–Kier alpha value is -2.45. The van der Waals surface area contributed by atoms with Gasteiger partial charge in [0.2, 0.25) is 0 Å². The van der Waals surface area contributed by atoms with Gasteiger partial charge in [-0.25, -0.2) is 4.39 Å². The molecule has 1 aromatic heterocycles. The Kier molecular flexibility index (Phi) is 7.00. The number of benzene rings is 1. The van der Waals surface area contributed by atoms with Crippen molar-refractivity contribution in [2.24, 2.45) is 4.99 Å². The lowest BCUT2D eigenvalue weighted by Gasteiger charge is -2.37. The van der Waals surface area contributed by atoms with E-state index in [-0.39, 0.29) is 11.9 Å². The van der Waals surface area contributed by atoms with Crippen LogP contribution in [0.15, 0.2) is 46.1 Å². The highest BCUT2D eigenvalue weighted by atomic mass is 19.1. The molecule has 0 amide bonds. The Balaban J connectivity index is 1.54. The summed E-state index contributed by atoms with van der Waals surface area (Å²) in [6, 6.07) is 8.74. The smallest absolute Gasteiger partial charge is 0.193 e. The second kappa shape index (κ2) is 9.66. The van der Waals surface area contributed by atoms with Gasteiger partial charge in [0.15, 0.2) is 5.96 Å². The molecule has 1 aliphatic rings. The first kappa shape index (κ1) is 20.3. The molecule has 28 heavy (non-hydrogen) atoms. The van der Waals surface area contributed by atoms with E-state index in [4.69, 9.17) is 4.52 Å². The lowest BCUT2D eigenvalue weighted by molar-refractivity contribution is 0.168. The molecule has 1 aliphatic heterocycles. The second-order valence-electron chi connectivity index (χ2n) is 7.22. The minimum atomic E-state index is -0.211. The van der Waals surface area contributed by atoms with Gasteiger partial charge < -0.3 is 19.6 Å². The third-order valence-electron chi connectivity index (χ3n) is 5.07. The van der Waals surface area contributed by atoms with Crippen LogP contribution in [0.1, 0.15) is 17.3 Å². The first-order valence-electron chi connectivity index (χ1n) is 9.56. The van der Waals surface area contributed by atoms with Crippen molar-refractivity contribution in [1.29, 1.82) is 0 Å². The van der Waals surface area contributed by atoms with E-state index in [2.05, 4.69) is 30.2 Å². The molecule has 0 saturated carbocycles. The van der Waals surface area contributed by atoms with Crippen LogP contribution in [0.2, 0.25) is 0 Å². The number of hydrogen-bond acceptors (Lipinski definition) is 5. The number of aromatic nitrogens is 1. The first-order chi connectivity index (χ1) is 13.6. The third-order valence-corrected chi connectivity index (χ3v) is 5.07. The molecule has 0 spiro atoms. The number of halogens is 1. The van der Waals surface area contributed by atoms with E-state index in [0.717, 1.165) is 49.9 Å².